The van der Waals surface area contributed by atoms with Gasteiger partial charge in [-0.25, -0.2) is 0 Å². The summed E-state index contributed by atoms with van der Waals surface area (Å²) in [6, 6.07) is 7.84. The first kappa shape index (κ1) is 16.6. The SMILES string of the molecule is COc1cccc(N(CCN2CCCC2)CC(C)C(=O)O)c1. The van der Waals surface area contributed by atoms with E-state index < -0.39 is 11.9 Å². The minimum atomic E-state index is -0.755. The molecule has 0 bridgehead atoms. The number of methoxy groups -OCH3 is 1. The maximum atomic E-state index is 11.2. The molecule has 0 radical (unpaired) electrons. The molecule has 0 aliphatic carbocycles. The molecule has 5 nitrogen and oxygen atoms in total. The number of carboxylic acids is 1. The summed E-state index contributed by atoms with van der Waals surface area (Å²) in [5, 5.41) is 9.20. The minimum Gasteiger partial charge on any atom is -0.497 e. The molecule has 1 heterocycles. The highest BCUT2D eigenvalue weighted by molar-refractivity contribution is 5.70. The quantitative estimate of drug-likeness (QED) is 0.799. The summed E-state index contributed by atoms with van der Waals surface area (Å²) in [5.41, 5.74) is 1.02. The predicted molar refractivity (Wildman–Crippen MR) is 87.7 cm³/mol. The van der Waals surface area contributed by atoms with E-state index in [0.29, 0.717) is 6.54 Å². The number of likely N-dealkylation sites (tertiary alicyclic amines) is 1. The van der Waals surface area contributed by atoms with Crippen molar-refractivity contribution in [2.24, 2.45) is 5.92 Å². The van der Waals surface area contributed by atoms with E-state index >= 15 is 0 Å². The third kappa shape index (κ3) is 4.63. The molecule has 122 valence electrons. The Morgan fingerprint density at radius 2 is 2.14 bits per heavy atom. The molecular formula is C17H26N2O3. The van der Waals surface area contributed by atoms with Crippen LogP contribution in [0.4, 0.5) is 5.69 Å². The van der Waals surface area contributed by atoms with Crippen LogP contribution < -0.4 is 9.64 Å². The molecule has 1 saturated heterocycles. The van der Waals surface area contributed by atoms with Crippen molar-refractivity contribution in [3.8, 4) is 5.75 Å². The van der Waals surface area contributed by atoms with E-state index in [2.05, 4.69) is 9.80 Å². The van der Waals surface area contributed by atoms with Gasteiger partial charge in [0.05, 0.1) is 13.0 Å². The minimum absolute atomic E-state index is 0.398. The zero-order chi connectivity index (χ0) is 15.9. The van der Waals surface area contributed by atoms with Crippen LogP contribution in [0, 0.1) is 5.92 Å². The molecular weight excluding hydrogens is 280 g/mol. The van der Waals surface area contributed by atoms with Gasteiger partial charge in [-0.2, -0.15) is 0 Å². The number of hydrogen-bond acceptors (Lipinski definition) is 4. The summed E-state index contributed by atoms with van der Waals surface area (Å²) in [5.74, 6) is -0.356. The Balaban J connectivity index is 2.06. The van der Waals surface area contributed by atoms with Gasteiger partial charge in [0.1, 0.15) is 5.75 Å². The number of ether oxygens (including phenoxy) is 1. The Morgan fingerprint density at radius 1 is 1.41 bits per heavy atom. The molecule has 0 saturated carbocycles. The van der Waals surface area contributed by atoms with E-state index in [1.165, 1.54) is 12.8 Å². The number of hydrogen-bond donors (Lipinski definition) is 1. The van der Waals surface area contributed by atoms with Crippen molar-refractivity contribution in [1.82, 2.24) is 4.90 Å². The van der Waals surface area contributed by atoms with Gasteiger partial charge in [0.15, 0.2) is 0 Å². The standard InChI is InChI=1S/C17H26N2O3/c1-14(17(20)21)13-19(11-10-18-8-3-4-9-18)15-6-5-7-16(12-15)22-2/h5-7,12,14H,3-4,8-11,13H2,1-2H3,(H,20,21). The van der Waals surface area contributed by atoms with Crippen molar-refractivity contribution in [1.29, 1.82) is 0 Å². The molecule has 1 aromatic rings. The van der Waals surface area contributed by atoms with Crippen molar-refractivity contribution in [2.75, 3.05) is 44.7 Å². The zero-order valence-corrected chi connectivity index (χ0v) is 13.5. The summed E-state index contributed by atoms with van der Waals surface area (Å²) in [7, 11) is 1.65. The van der Waals surface area contributed by atoms with Crippen molar-refractivity contribution in [3.63, 3.8) is 0 Å². The highest BCUT2D eigenvalue weighted by Gasteiger charge is 2.19. The smallest absolute Gasteiger partial charge is 0.308 e. The Labute approximate surface area is 132 Å². The van der Waals surface area contributed by atoms with E-state index in [1.807, 2.05) is 24.3 Å². The van der Waals surface area contributed by atoms with E-state index in [9.17, 15) is 9.90 Å². The van der Waals surface area contributed by atoms with Gasteiger partial charge in [0, 0.05) is 31.4 Å². The Kier molecular flexibility index (Phi) is 6.07. The lowest BCUT2D eigenvalue weighted by Crippen LogP contribution is -2.38. The summed E-state index contributed by atoms with van der Waals surface area (Å²) in [6.07, 6.45) is 2.54. The molecule has 5 heteroatoms. The Hall–Kier alpha value is -1.75. The van der Waals surface area contributed by atoms with Gasteiger partial charge in [0.25, 0.3) is 0 Å². The normalized spacial score (nSPS) is 16.5. The maximum Gasteiger partial charge on any atom is 0.308 e. The van der Waals surface area contributed by atoms with Crippen LogP contribution in [0.15, 0.2) is 24.3 Å². The van der Waals surface area contributed by atoms with Gasteiger partial charge in [-0.05, 0) is 38.1 Å². The van der Waals surface area contributed by atoms with Crippen LogP contribution in [0.2, 0.25) is 0 Å². The Bertz CT molecular complexity index is 487. The van der Waals surface area contributed by atoms with Crippen LogP contribution in [0.1, 0.15) is 19.8 Å². The maximum absolute atomic E-state index is 11.2. The molecule has 2 rings (SSSR count). The van der Waals surface area contributed by atoms with Crippen LogP contribution in [0.25, 0.3) is 0 Å². The molecule has 0 spiro atoms. The second-order valence-corrected chi connectivity index (χ2v) is 5.94. The fourth-order valence-corrected chi connectivity index (χ4v) is 2.81. The van der Waals surface area contributed by atoms with Gasteiger partial charge in [-0.3, -0.25) is 4.79 Å². The molecule has 0 aromatic heterocycles. The van der Waals surface area contributed by atoms with Crippen LogP contribution in [0.3, 0.4) is 0 Å². The van der Waals surface area contributed by atoms with E-state index in [1.54, 1.807) is 14.0 Å². The van der Waals surface area contributed by atoms with Crippen molar-refractivity contribution >= 4 is 11.7 Å². The first-order chi connectivity index (χ1) is 10.6. The number of anilines is 1. The third-order valence-corrected chi connectivity index (χ3v) is 4.22. The fourth-order valence-electron chi connectivity index (χ4n) is 2.81. The lowest BCUT2D eigenvalue weighted by molar-refractivity contribution is -0.140. The van der Waals surface area contributed by atoms with E-state index in [4.69, 9.17) is 4.74 Å². The van der Waals surface area contributed by atoms with Crippen LogP contribution in [-0.2, 0) is 4.79 Å². The van der Waals surface area contributed by atoms with Gasteiger partial charge in [-0.15, -0.1) is 0 Å². The predicted octanol–water partition coefficient (Wildman–Crippen LogP) is 2.32. The third-order valence-electron chi connectivity index (χ3n) is 4.22. The number of rotatable bonds is 8. The van der Waals surface area contributed by atoms with Crippen LogP contribution in [-0.4, -0.2) is 55.8 Å². The topological polar surface area (TPSA) is 53.0 Å². The molecule has 1 aromatic carbocycles. The summed E-state index contributed by atoms with van der Waals surface area (Å²) < 4.78 is 5.28. The van der Waals surface area contributed by atoms with Gasteiger partial charge in [-0.1, -0.05) is 13.0 Å². The molecule has 1 atom stereocenters. The average molecular weight is 306 g/mol. The van der Waals surface area contributed by atoms with Crippen LogP contribution >= 0.6 is 0 Å². The lowest BCUT2D eigenvalue weighted by atomic mass is 10.1. The van der Waals surface area contributed by atoms with Gasteiger partial charge < -0.3 is 19.6 Å². The highest BCUT2D eigenvalue weighted by Crippen LogP contribution is 2.22. The second kappa shape index (κ2) is 8.03. The van der Waals surface area contributed by atoms with E-state index in [-0.39, 0.29) is 0 Å². The number of carboxylic acid groups (broad SMARTS) is 1. The number of benzene rings is 1. The van der Waals surface area contributed by atoms with E-state index in [0.717, 1.165) is 37.6 Å². The van der Waals surface area contributed by atoms with Gasteiger partial charge in [0.2, 0.25) is 0 Å². The largest absolute Gasteiger partial charge is 0.497 e. The van der Waals surface area contributed by atoms with Crippen molar-refractivity contribution < 1.29 is 14.6 Å². The molecule has 1 aliphatic rings. The van der Waals surface area contributed by atoms with Crippen molar-refractivity contribution in [3.05, 3.63) is 24.3 Å². The Morgan fingerprint density at radius 3 is 2.77 bits per heavy atom. The molecule has 1 fully saturated rings. The summed E-state index contributed by atoms with van der Waals surface area (Å²) >= 11 is 0. The first-order valence-electron chi connectivity index (χ1n) is 7.94. The number of carbonyl (C=O) groups is 1. The fraction of sp³-hybridized carbons (Fsp3) is 0.588. The zero-order valence-electron chi connectivity index (χ0n) is 13.5. The number of aliphatic carboxylic acids is 1. The second-order valence-electron chi connectivity index (χ2n) is 5.94. The number of nitrogens with zero attached hydrogens (tertiary/aromatic N) is 2. The molecule has 1 unspecified atom stereocenters. The molecule has 22 heavy (non-hydrogen) atoms. The highest BCUT2D eigenvalue weighted by atomic mass is 16.5. The van der Waals surface area contributed by atoms with Crippen LogP contribution in [0.5, 0.6) is 5.75 Å². The summed E-state index contributed by atoms with van der Waals surface area (Å²) in [4.78, 5) is 15.8. The lowest BCUT2D eigenvalue weighted by Gasteiger charge is -2.29. The molecule has 1 aliphatic heterocycles. The first-order valence-corrected chi connectivity index (χ1v) is 7.94. The van der Waals surface area contributed by atoms with Crippen molar-refractivity contribution in [2.45, 2.75) is 19.8 Å². The average Bonchev–Trinajstić information content (AvgIpc) is 3.04. The molecule has 0 amide bonds. The summed E-state index contributed by atoms with van der Waals surface area (Å²) in [6.45, 7) is 6.39. The molecule has 1 N–H and O–H groups in total. The monoisotopic (exact) mass is 306 g/mol. The van der Waals surface area contributed by atoms with Gasteiger partial charge >= 0.3 is 5.97 Å².